The highest BCUT2D eigenvalue weighted by Gasteiger charge is 2.39. The topological polar surface area (TPSA) is 41.1 Å². The number of hydrogen-bond donors (Lipinski definition) is 2. The van der Waals surface area contributed by atoms with Crippen LogP contribution in [0.2, 0.25) is 0 Å². The van der Waals surface area contributed by atoms with E-state index in [0.29, 0.717) is 18.4 Å². The zero-order valence-electron chi connectivity index (χ0n) is 14.1. The molecule has 0 saturated heterocycles. The molecule has 3 nitrogen and oxygen atoms in total. The Balaban J connectivity index is 1.79. The van der Waals surface area contributed by atoms with Crippen molar-refractivity contribution in [3.8, 4) is 0 Å². The third kappa shape index (κ3) is 2.89. The smallest absolute Gasteiger partial charge is 0.253 e. The van der Waals surface area contributed by atoms with Gasteiger partial charge in [-0.3, -0.25) is 4.79 Å². The largest absolute Gasteiger partial charge is 0.377 e. The number of allylic oxidation sites excluding steroid dienone is 2. The Hall–Kier alpha value is -2.07. The van der Waals surface area contributed by atoms with E-state index in [9.17, 15) is 4.79 Å². The highest BCUT2D eigenvalue weighted by molar-refractivity contribution is 9.10. The van der Waals surface area contributed by atoms with Gasteiger partial charge in [0.05, 0.1) is 17.3 Å². The van der Waals surface area contributed by atoms with Gasteiger partial charge in [-0.2, -0.15) is 0 Å². The van der Waals surface area contributed by atoms with Crippen LogP contribution in [0.15, 0.2) is 59.1 Å². The predicted octanol–water partition coefficient (Wildman–Crippen LogP) is 5.03. The van der Waals surface area contributed by atoms with Gasteiger partial charge in [-0.25, -0.2) is 0 Å². The second kappa shape index (κ2) is 6.68. The normalized spacial score (nSPS) is 23.5. The monoisotopic (exact) mass is 396 g/mol. The maximum absolute atomic E-state index is 12.5. The number of hydrogen-bond acceptors (Lipinski definition) is 2. The molecule has 4 rings (SSSR count). The molecule has 25 heavy (non-hydrogen) atoms. The van der Waals surface area contributed by atoms with Gasteiger partial charge in [0.25, 0.3) is 5.91 Å². The van der Waals surface area contributed by atoms with E-state index < -0.39 is 0 Å². The zero-order chi connectivity index (χ0) is 17.4. The molecular formula is C21H21BrN2O. The lowest BCUT2D eigenvalue weighted by Crippen LogP contribution is -2.32. The van der Waals surface area contributed by atoms with Crippen LogP contribution in [-0.2, 0) is 0 Å². The first-order chi connectivity index (χ1) is 12.2. The van der Waals surface area contributed by atoms with Crippen molar-refractivity contribution in [1.82, 2.24) is 5.32 Å². The van der Waals surface area contributed by atoms with E-state index in [-0.39, 0.29) is 11.9 Å². The summed E-state index contributed by atoms with van der Waals surface area (Å²) in [6.07, 6.45) is 5.64. The summed E-state index contributed by atoms with van der Waals surface area (Å²) in [5, 5.41) is 6.63. The van der Waals surface area contributed by atoms with Gasteiger partial charge in [-0.15, -0.1) is 0 Å². The van der Waals surface area contributed by atoms with Crippen LogP contribution in [0.3, 0.4) is 0 Å². The van der Waals surface area contributed by atoms with Crippen LogP contribution in [0, 0.1) is 5.92 Å². The van der Waals surface area contributed by atoms with Gasteiger partial charge in [-0.1, -0.05) is 52.3 Å². The summed E-state index contributed by atoms with van der Waals surface area (Å²) in [6.45, 7) is 2.58. The molecule has 0 saturated carbocycles. The molecular weight excluding hydrogens is 376 g/mol. The molecule has 1 heterocycles. The minimum atomic E-state index is -0.0122. The van der Waals surface area contributed by atoms with Crippen LogP contribution in [0.5, 0.6) is 0 Å². The number of amides is 1. The van der Waals surface area contributed by atoms with E-state index in [2.05, 4.69) is 69.0 Å². The van der Waals surface area contributed by atoms with Gasteiger partial charge in [0, 0.05) is 16.9 Å². The summed E-state index contributed by atoms with van der Waals surface area (Å²) in [5.41, 5.74) is 4.21. The van der Waals surface area contributed by atoms with Crippen LogP contribution < -0.4 is 10.6 Å². The molecule has 0 fully saturated rings. The molecule has 0 aromatic heterocycles. The van der Waals surface area contributed by atoms with Crippen LogP contribution >= 0.6 is 15.9 Å². The second-order valence-corrected chi connectivity index (χ2v) is 7.57. The molecule has 0 bridgehead atoms. The lowest BCUT2D eigenvalue weighted by molar-refractivity contribution is 0.0956. The van der Waals surface area contributed by atoms with Crippen molar-refractivity contribution in [1.29, 1.82) is 0 Å². The van der Waals surface area contributed by atoms with E-state index in [4.69, 9.17) is 0 Å². The molecule has 2 N–H and O–H groups in total. The summed E-state index contributed by atoms with van der Waals surface area (Å²) in [6, 6.07) is 14.8. The predicted molar refractivity (Wildman–Crippen MR) is 105 cm³/mol. The lowest BCUT2D eigenvalue weighted by atomic mass is 9.76. The van der Waals surface area contributed by atoms with Crippen molar-refractivity contribution in [2.75, 3.05) is 11.9 Å². The Labute approximate surface area is 156 Å². The fraction of sp³-hybridized carbons (Fsp3) is 0.286. The summed E-state index contributed by atoms with van der Waals surface area (Å²) < 4.78 is 1.08. The molecule has 2 aliphatic rings. The van der Waals surface area contributed by atoms with Crippen molar-refractivity contribution in [2.45, 2.75) is 25.3 Å². The minimum Gasteiger partial charge on any atom is -0.377 e. The molecule has 3 atom stereocenters. The number of benzene rings is 2. The first-order valence-corrected chi connectivity index (χ1v) is 9.58. The van der Waals surface area contributed by atoms with E-state index >= 15 is 0 Å². The molecule has 1 amide bonds. The van der Waals surface area contributed by atoms with Crippen molar-refractivity contribution in [3.05, 3.63) is 75.8 Å². The number of anilines is 1. The fourth-order valence-corrected chi connectivity index (χ4v) is 4.33. The minimum absolute atomic E-state index is 0.0122. The number of para-hydroxylation sites is 1. The van der Waals surface area contributed by atoms with Gasteiger partial charge in [-0.05, 0) is 48.6 Å². The third-order valence-corrected chi connectivity index (χ3v) is 5.74. The SMILES string of the molecule is CCNC(=O)c1cccc2c1NC(c1ccc(Br)cc1)C1CC=CC21. The summed E-state index contributed by atoms with van der Waals surface area (Å²) in [5.74, 6) is 0.833. The maximum atomic E-state index is 12.5. The summed E-state index contributed by atoms with van der Waals surface area (Å²) in [7, 11) is 0. The quantitative estimate of drug-likeness (QED) is 0.714. The maximum Gasteiger partial charge on any atom is 0.253 e. The van der Waals surface area contributed by atoms with Crippen LogP contribution in [-0.4, -0.2) is 12.5 Å². The van der Waals surface area contributed by atoms with E-state index in [1.165, 1.54) is 11.1 Å². The number of carbonyl (C=O) groups excluding carboxylic acids is 1. The van der Waals surface area contributed by atoms with E-state index in [1.54, 1.807) is 0 Å². The molecule has 1 aliphatic carbocycles. The Kier molecular flexibility index (Phi) is 4.38. The molecule has 2 aromatic rings. The Morgan fingerprint density at radius 1 is 1.24 bits per heavy atom. The van der Waals surface area contributed by atoms with Crippen LogP contribution in [0.4, 0.5) is 5.69 Å². The standard InChI is InChI=1S/C21H21BrN2O/c1-2-23-21(25)18-8-4-7-17-15-5-3-6-16(15)19(24-20(17)18)13-9-11-14(22)12-10-13/h3-5,7-12,15-16,19,24H,2,6H2,1H3,(H,23,25). The van der Waals surface area contributed by atoms with E-state index in [1.807, 2.05) is 19.1 Å². The fourth-order valence-electron chi connectivity index (χ4n) is 4.07. The lowest BCUT2D eigenvalue weighted by Gasteiger charge is -2.38. The molecule has 128 valence electrons. The van der Waals surface area contributed by atoms with E-state index in [0.717, 1.165) is 22.1 Å². The highest BCUT2D eigenvalue weighted by atomic mass is 79.9. The Morgan fingerprint density at radius 2 is 2.04 bits per heavy atom. The number of rotatable bonds is 3. The van der Waals surface area contributed by atoms with Crippen LogP contribution in [0.1, 0.15) is 46.8 Å². The highest BCUT2D eigenvalue weighted by Crippen LogP contribution is 2.50. The second-order valence-electron chi connectivity index (χ2n) is 6.66. The Bertz CT molecular complexity index is 828. The molecule has 0 radical (unpaired) electrons. The molecule has 2 aromatic carbocycles. The van der Waals surface area contributed by atoms with Crippen molar-refractivity contribution in [3.63, 3.8) is 0 Å². The molecule has 4 heteroatoms. The van der Waals surface area contributed by atoms with Gasteiger partial charge in [0.1, 0.15) is 0 Å². The zero-order valence-corrected chi connectivity index (χ0v) is 15.7. The van der Waals surface area contributed by atoms with Gasteiger partial charge >= 0.3 is 0 Å². The first kappa shape index (κ1) is 16.4. The van der Waals surface area contributed by atoms with Gasteiger partial charge < -0.3 is 10.6 Å². The summed E-state index contributed by atoms with van der Waals surface area (Å²) in [4.78, 5) is 12.5. The average Bonchev–Trinajstić information content (AvgIpc) is 3.11. The van der Waals surface area contributed by atoms with Gasteiger partial charge in [0.15, 0.2) is 0 Å². The number of halogens is 1. The Morgan fingerprint density at radius 3 is 2.80 bits per heavy atom. The van der Waals surface area contributed by atoms with Gasteiger partial charge in [0.2, 0.25) is 0 Å². The van der Waals surface area contributed by atoms with Crippen LogP contribution in [0.25, 0.3) is 0 Å². The molecule has 1 aliphatic heterocycles. The van der Waals surface area contributed by atoms with Crippen molar-refractivity contribution >= 4 is 27.5 Å². The van der Waals surface area contributed by atoms with Crippen molar-refractivity contribution in [2.24, 2.45) is 5.92 Å². The summed E-state index contributed by atoms with van der Waals surface area (Å²) >= 11 is 3.51. The first-order valence-electron chi connectivity index (χ1n) is 8.79. The third-order valence-electron chi connectivity index (χ3n) is 5.21. The number of nitrogens with one attached hydrogen (secondary N) is 2. The molecule has 0 spiro atoms. The number of carbonyl (C=O) groups is 1. The van der Waals surface area contributed by atoms with Crippen molar-refractivity contribution < 1.29 is 4.79 Å². The average molecular weight is 397 g/mol. The molecule has 3 unspecified atom stereocenters. The number of fused-ring (bicyclic) bond motifs is 3.